The van der Waals surface area contributed by atoms with Crippen LogP contribution in [0.15, 0.2) is 18.2 Å². The summed E-state index contributed by atoms with van der Waals surface area (Å²) < 4.78 is 0. The summed E-state index contributed by atoms with van der Waals surface area (Å²) in [6.07, 6.45) is 6.10. The fraction of sp³-hybridized carbons (Fsp3) is 0.583. The second-order valence-electron chi connectivity index (χ2n) is 9.80. The lowest BCUT2D eigenvalue weighted by Crippen LogP contribution is -2.64. The van der Waals surface area contributed by atoms with E-state index in [2.05, 4.69) is 17.6 Å². The molecule has 2 saturated heterocycles. The molecular weight excluding hydrogens is 408 g/mol. The molecule has 2 atom stereocenters. The topological polar surface area (TPSA) is 98.8 Å². The molecule has 1 aromatic carbocycles. The summed E-state index contributed by atoms with van der Waals surface area (Å²) in [6, 6.07) is 5.21. The van der Waals surface area contributed by atoms with Gasteiger partial charge in [-0.2, -0.15) is 0 Å². The largest absolute Gasteiger partial charge is 0.376 e. The van der Waals surface area contributed by atoms with Gasteiger partial charge in [0.25, 0.3) is 5.91 Å². The highest BCUT2D eigenvalue weighted by molar-refractivity contribution is 6.06. The van der Waals surface area contributed by atoms with Crippen LogP contribution < -0.4 is 10.6 Å². The van der Waals surface area contributed by atoms with Crippen molar-refractivity contribution in [2.24, 2.45) is 5.41 Å². The number of imide groups is 1. The molecule has 8 heteroatoms. The molecule has 8 nitrogen and oxygen atoms in total. The molecule has 3 aliphatic heterocycles. The van der Waals surface area contributed by atoms with Gasteiger partial charge in [0, 0.05) is 42.2 Å². The van der Waals surface area contributed by atoms with E-state index in [-0.39, 0.29) is 36.2 Å². The Morgan fingerprint density at radius 1 is 1.19 bits per heavy atom. The van der Waals surface area contributed by atoms with E-state index in [0.29, 0.717) is 18.5 Å². The van der Waals surface area contributed by atoms with E-state index in [0.717, 1.165) is 56.3 Å². The second kappa shape index (κ2) is 7.90. The molecular formula is C24H30N4O4. The summed E-state index contributed by atoms with van der Waals surface area (Å²) in [5.41, 5.74) is 1.73. The lowest BCUT2D eigenvalue weighted by Gasteiger charge is -2.51. The van der Waals surface area contributed by atoms with Gasteiger partial charge in [0.15, 0.2) is 0 Å². The lowest BCUT2D eigenvalue weighted by molar-refractivity contribution is -0.149. The molecule has 3 fully saturated rings. The molecule has 5 rings (SSSR count). The highest BCUT2D eigenvalue weighted by Gasteiger charge is 2.56. The summed E-state index contributed by atoms with van der Waals surface area (Å²) >= 11 is 0. The predicted molar refractivity (Wildman–Crippen MR) is 118 cm³/mol. The van der Waals surface area contributed by atoms with E-state index in [1.807, 2.05) is 17.0 Å². The second-order valence-corrected chi connectivity index (χ2v) is 9.80. The summed E-state index contributed by atoms with van der Waals surface area (Å²) in [7, 11) is 0. The number of anilines is 1. The van der Waals surface area contributed by atoms with Crippen molar-refractivity contribution in [2.75, 3.05) is 18.4 Å². The first kappa shape index (κ1) is 21.0. The van der Waals surface area contributed by atoms with E-state index >= 15 is 0 Å². The summed E-state index contributed by atoms with van der Waals surface area (Å²) in [4.78, 5) is 54.2. The van der Waals surface area contributed by atoms with Crippen molar-refractivity contribution in [2.45, 2.75) is 70.5 Å². The van der Waals surface area contributed by atoms with Crippen molar-refractivity contribution >= 4 is 29.3 Å². The van der Waals surface area contributed by atoms with Crippen LogP contribution in [-0.4, -0.2) is 58.6 Å². The first-order chi connectivity index (χ1) is 15.4. The van der Waals surface area contributed by atoms with Gasteiger partial charge in [-0.05, 0) is 56.7 Å². The van der Waals surface area contributed by atoms with Crippen LogP contribution in [0.1, 0.15) is 67.8 Å². The van der Waals surface area contributed by atoms with Crippen LogP contribution in [0.4, 0.5) is 5.69 Å². The predicted octanol–water partition coefficient (Wildman–Crippen LogP) is 2.04. The average Bonchev–Trinajstić information content (AvgIpc) is 3.06. The maximum absolute atomic E-state index is 13.3. The zero-order valence-corrected chi connectivity index (χ0v) is 18.5. The number of nitrogens with one attached hydrogen (secondary N) is 2. The van der Waals surface area contributed by atoms with Gasteiger partial charge in [-0.3, -0.25) is 24.5 Å². The Kier molecular flexibility index (Phi) is 5.18. The molecule has 1 aliphatic carbocycles. The Hall–Kier alpha value is -2.90. The Balaban J connectivity index is 1.29. The number of amides is 4. The number of benzene rings is 1. The Morgan fingerprint density at radius 2 is 2.00 bits per heavy atom. The highest BCUT2D eigenvalue weighted by Crippen LogP contribution is 2.51. The fourth-order valence-corrected chi connectivity index (χ4v) is 5.89. The van der Waals surface area contributed by atoms with Crippen LogP contribution in [0, 0.1) is 5.41 Å². The Labute approximate surface area is 187 Å². The van der Waals surface area contributed by atoms with Gasteiger partial charge >= 0.3 is 0 Å². The monoisotopic (exact) mass is 438 g/mol. The van der Waals surface area contributed by atoms with E-state index in [9.17, 15) is 19.2 Å². The van der Waals surface area contributed by atoms with Crippen LogP contribution >= 0.6 is 0 Å². The first-order valence-corrected chi connectivity index (χ1v) is 11.7. The number of likely N-dealkylation sites (tertiary alicyclic amines) is 1. The average molecular weight is 439 g/mol. The number of fused-ring (bicyclic) bond motifs is 1. The van der Waals surface area contributed by atoms with Crippen LogP contribution in [0.25, 0.3) is 0 Å². The van der Waals surface area contributed by atoms with Crippen LogP contribution in [0.3, 0.4) is 0 Å². The van der Waals surface area contributed by atoms with Gasteiger partial charge in [-0.15, -0.1) is 0 Å². The number of hydrogen-bond acceptors (Lipinski definition) is 5. The van der Waals surface area contributed by atoms with Crippen LogP contribution in [0.2, 0.25) is 0 Å². The smallest absolute Gasteiger partial charge is 0.255 e. The summed E-state index contributed by atoms with van der Waals surface area (Å²) in [5, 5.41) is 5.60. The van der Waals surface area contributed by atoms with E-state index < -0.39 is 11.5 Å². The minimum atomic E-state index is -0.604. The number of carbonyl (C=O) groups excluding carboxylic acids is 4. The van der Waals surface area contributed by atoms with E-state index in [1.54, 1.807) is 11.0 Å². The van der Waals surface area contributed by atoms with Crippen molar-refractivity contribution in [1.29, 1.82) is 0 Å². The molecule has 32 heavy (non-hydrogen) atoms. The van der Waals surface area contributed by atoms with Crippen molar-refractivity contribution < 1.29 is 19.2 Å². The van der Waals surface area contributed by atoms with Crippen LogP contribution in [-0.2, 0) is 20.9 Å². The maximum atomic E-state index is 13.3. The molecule has 4 aliphatic rings. The van der Waals surface area contributed by atoms with Gasteiger partial charge in [-0.25, -0.2) is 0 Å². The molecule has 1 saturated carbocycles. The van der Waals surface area contributed by atoms with Gasteiger partial charge < -0.3 is 15.1 Å². The molecule has 3 heterocycles. The normalized spacial score (nSPS) is 26.6. The molecule has 0 aromatic heterocycles. The number of nitrogens with zero attached hydrogens (tertiary/aromatic N) is 2. The molecule has 4 amide bonds. The molecule has 1 aromatic rings. The van der Waals surface area contributed by atoms with Crippen molar-refractivity contribution in [1.82, 2.24) is 15.1 Å². The van der Waals surface area contributed by atoms with E-state index in [4.69, 9.17) is 0 Å². The molecule has 2 unspecified atom stereocenters. The SMILES string of the molecule is CC1CCCCN1C(=O)CNc1ccc2c(c1)C(=O)N(C1C(=O)NC(=O)CC13CCC3)C2. The quantitative estimate of drug-likeness (QED) is 0.701. The van der Waals surface area contributed by atoms with Gasteiger partial charge in [-0.1, -0.05) is 12.5 Å². The lowest BCUT2D eigenvalue weighted by atomic mass is 9.60. The standard InChI is InChI=1S/C24H30N4O4/c1-15-5-2-3-10-27(15)20(30)13-25-17-7-6-16-14-28(23(32)18(16)11-17)21-22(31)26-19(29)12-24(21)8-4-9-24/h6-7,11,15,21,25H,2-5,8-10,12-14H2,1H3,(H,26,29,31). The highest BCUT2D eigenvalue weighted by atomic mass is 16.2. The molecule has 0 radical (unpaired) electrons. The van der Waals surface area contributed by atoms with E-state index in [1.165, 1.54) is 0 Å². The molecule has 1 spiro atoms. The minimum Gasteiger partial charge on any atom is -0.376 e. The number of carbonyl (C=O) groups is 4. The van der Waals surface area contributed by atoms with Gasteiger partial charge in [0.2, 0.25) is 17.7 Å². The maximum Gasteiger partial charge on any atom is 0.255 e. The minimum absolute atomic E-state index is 0.0705. The van der Waals surface area contributed by atoms with Gasteiger partial charge in [0.05, 0.1) is 6.54 Å². The third-order valence-corrected chi connectivity index (χ3v) is 7.77. The summed E-state index contributed by atoms with van der Waals surface area (Å²) in [6.45, 7) is 3.45. The van der Waals surface area contributed by atoms with Crippen molar-refractivity contribution in [3.63, 3.8) is 0 Å². The third-order valence-electron chi connectivity index (χ3n) is 7.77. The number of piperidine rings is 2. The van der Waals surface area contributed by atoms with Crippen LogP contribution in [0.5, 0.6) is 0 Å². The molecule has 0 bridgehead atoms. The third kappa shape index (κ3) is 3.45. The molecule has 2 N–H and O–H groups in total. The zero-order valence-electron chi connectivity index (χ0n) is 18.5. The fourth-order valence-electron chi connectivity index (χ4n) is 5.89. The zero-order chi connectivity index (χ0) is 22.5. The first-order valence-electron chi connectivity index (χ1n) is 11.7. The Bertz CT molecular complexity index is 986. The van der Waals surface area contributed by atoms with Gasteiger partial charge in [0.1, 0.15) is 6.04 Å². The number of rotatable bonds is 4. The van der Waals surface area contributed by atoms with Crippen molar-refractivity contribution in [3.8, 4) is 0 Å². The number of hydrogen-bond donors (Lipinski definition) is 2. The summed E-state index contributed by atoms with van der Waals surface area (Å²) in [5.74, 6) is -0.711. The van der Waals surface area contributed by atoms with Crippen molar-refractivity contribution in [3.05, 3.63) is 29.3 Å². The molecule has 170 valence electrons. The Morgan fingerprint density at radius 3 is 2.72 bits per heavy atom.